The number of hydrogen-bond donors (Lipinski definition) is 4. The Morgan fingerprint density at radius 1 is 0.956 bits per heavy atom. The van der Waals surface area contributed by atoms with Gasteiger partial charge in [0.1, 0.15) is 17.5 Å². The molecule has 9 nitrogen and oxygen atoms in total. The highest BCUT2D eigenvalue weighted by molar-refractivity contribution is 7.89. The molecular weight excluding hydrogens is 605 g/mol. The zero-order valence-electron chi connectivity index (χ0n) is 24.2. The van der Waals surface area contributed by atoms with Gasteiger partial charge in [-0.25, -0.2) is 21.6 Å². The number of nitrogens with zero attached hydrogens (tertiary/aromatic N) is 2. The van der Waals surface area contributed by atoms with E-state index in [1.807, 2.05) is 0 Å². The van der Waals surface area contributed by atoms with Gasteiger partial charge in [-0.15, -0.1) is 0 Å². The van der Waals surface area contributed by atoms with E-state index in [2.05, 4.69) is 15.6 Å². The van der Waals surface area contributed by atoms with E-state index in [4.69, 9.17) is 11.5 Å². The number of halogens is 3. The number of anilines is 2. The Kier molecular flexibility index (Phi) is 9.83. The molecule has 0 saturated carbocycles. The maximum atomic E-state index is 15.2. The van der Waals surface area contributed by atoms with Gasteiger partial charge in [0.2, 0.25) is 15.9 Å². The van der Waals surface area contributed by atoms with Gasteiger partial charge >= 0.3 is 0 Å². The van der Waals surface area contributed by atoms with E-state index in [1.165, 1.54) is 83.3 Å². The van der Waals surface area contributed by atoms with Crippen LogP contribution in [0.25, 0.3) is 0 Å². The second kappa shape index (κ2) is 13.8. The van der Waals surface area contributed by atoms with Crippen molar-refractivity contribution < 1.29 is 26.4 Å². The van der Waals surface area contributed by atoms with Gasteiger partial charge in [-0.3, -0.25) is 9.78 Å². The summed E-state index contributed by atoms with van der Waals surface area (Å²) in [4.78, 5) is 17.5. The van der Waals surface area contributed by atoms with Crippen LogP contribution in [0.4, 0.5) is 24.5 Å². The fraction of sp³-hybridized carbons (Fsp3) is 0.250. The third kappa shape index (κ3) is 7.34. The number of piperazine rings is 1. The molecule has 13 heteroatoms. The average Bonchev–Trinajstić information content (AvgIpc) is 3.03. The highest BCUT2D eigenvalue weighted by Crippen LogP contribution is 2.30. The number of sulfonamides is 1. The van der Waals surface area contributed by atoms with Gasteiger partial charge in [0.05, 0.1) is 29.0 Å². The van der Waals surface area contributed by atoms with E-state index in [9.17, 15) is 22.0 Å². The minimum atomic E-state index is -3.85. The predicted octanol–water partition coefficient (Wildman–Crippen LogP) is 3.77. The molecule has 0 radical (unpaired) electrons. The van der Waals surface area contributed by atoms with Crippen LogP contribution in [0.1, 0.15) is 29.0 Å². The first-order valence-corrected chi connectivity index (χ1v) is 15.8. The molecule has 1 aliphatic heterocycles. The highest BCUT2D eigenvalue weighted by atomic mass is 32.2. The summed E-state index contributed by atoms with van der Waals surface area (Å²) >= 11 is 0. The van der Waals surface area contributed by atoms with E-state index in [-0.39, 0.29) is 35.5 Å². The number of pyridine rings is 1. The standard InChI is InChI=1S/C32H33F3N6O3S/c33-22-5-1-20(2-6-22)30(21-3-7-23(34)8-4-21)31(37)32(42)40-29-19-39-18-28(35)27(29)14-11-25-17-38-15-16-41(25)45(43,44)26-12-9-24(36)10-13-26/h1-10,12-13,18-19,25,30-31,38H,11,14-17,36-37H2,(H,40,42)/t25-,31+/m1/s1. The largest absolute Gasteiger partial charge is 0.399 e. The predicted molar refractivity (Wildman–Crippen MR) is 165 cm³/mol. The minimum absolute atomic E-state index is 0.0820. The Bertz CT molecular complexity index is 1690. The van der Waals surface area contributed by atoms with Crippen LogP contribution in [0.15, 0.2) is 90.1 Å². The monoisotopic (exact) mass is 638 g/mol. The van der Waals surface area contributed by atoms with Crippen molar-refractivity contribution in [2.75, 3.05) is 30.7 Å². The smallest absolute Gasteiger partial charge is 0.243 e. The van der Waals surface area contributed by atoms with Crippen LogP contribution < -0.4 is 22.1 Å². The van der Waals surface area contributed by atoms with Crippen molar-refractivity contribution in [3.8, 4) is 0 Å². The minimum Gasteiger partial charge on any atom is -0.399 e. The van der Waals surface area contributed by atoms with E-state index in [1.54, 1.807) is 0 Å². The van der Waals surface area contributed by atoms with Crippen LogP contribution in [0, 0.1) is 17.5 Å². The Morgan fingerprint density at radius 2 is 1.56 bits per heavy atom. The lowest BCUT2D eigenvalue weighted by atomic mass is 9.85. The zero-order valence-corrected chi connectivity index (χ0v) is 25.0. The second-order valence-corrected chi connectivity index (χ2v) is 12.7. The third-order valence-electron chi connectivity index (χ3n) is 7.89. The summed E-state index contributed by atoms with van der Waals surface area (Å²) in [6.07, 6.45) is 2.64. The molecule has 1 fully saturated rings. The zero-order chi connectivity index (χ0) is 32.1. The first kappa shape index (κ1) is 32.1. The molecule has 236 valence electrons. The van der Waals surface area contributed by atoms with Gasteiger partial charge in [-0.2, -0.15) is 4.31 Å². The molecule has 3 aromatic carbocycles. The SMILES string of the molecule is Nc1ccc(S(=O)(=O)N2CCNC[C@H]2CCc2c(F)cncc2NC(=O)[C@@H](N)C(c2ccc(F)cc2)c2ccc(F)cc2)cc1. The van der Waals surface area contributed by atoms with Crippen molar-refractivity contribution in [1.82, 2.24) is 14.6 Å². The van der Waals surface area contributed by atoms with Crippen LogP contribution in [-0.2, 0) is 21.2 Å². The number of nitrogens with one attached hydrogen (secondary N) is 2. The summed E-state index contributed by atoms with van der Waals surface area (Å²) in [5.41, 5.74) is 13.9. The highest BCUT2D eigenvalue weighted by Gasteiger charge is 2.34. The molecule has 1 aromatic heterocycles. The summed E-state index contributed by atoms with van der Waals surface area (Å²) in [5.74, 6) is -3.08. The lowest BCUT2D eigenvalue weighted by Gasteiger charge is -2.35. The van der Waals surface area contributed by atoms with Crippen molar-refractivity contribution in [3.63, 3.8) is 0 Å². The van der Waals surface area contributed by atoms with Crippen molar-refractivity contribution in [2.24, 2.45) is 5.73 Å². The first-order chi connectivity index (χ1) is 21.5. The first-order valence-electron chi connectivity index (χ1n) is 14.3. The molecule has 6 N–H and O–H groups in total. The number of carbonyl (C=O) groups is 1. The molecule has 2 atom stereocenters. The average molecular weight is 639 g/mol. The van der Waals surface area contributed by atoms with Crippen LogP contribution in [0.5, 0.6) is 0 Å². The summed E-state index contributed by atoms with van der Waals surface area (Å²) in [7, 11) is -3.85. The van der Waals surface area contributed by atoms with Crippen LogP contribution in [-0.4, -0.2) is 55.3 Å². The van der Waals surface area contributed by atoms with E-state index < -0.39 is 51.4 Å². The van der Waals surface area contributed by atoms with Gasteiger partial charge in [0.25, 0.3) is 0 Å². The number of benzene rings is 3. The molecule has 0 aliphatic carbocycles. The summed E-state index contributed by atoms with van der Waals surface area (Å²) in [6.45, 7) is 1.03. The lowest BCUT2D eigenvalue weighted by molar-refractivity contribution is -0.117. The fourth-order valence-corrected chi connectivity index (χ4v) is 7.18. The number of rotatable bonds is 10. The fourth-order valence-electron chi connectivity index (χ4n) is 5.53. The second-order valence-electron chi connectivity index (χ2n) is 10.8. The number of amides is 1. The molecule has 4 aromatic rings. The maximum absolute atomic E-state index is 15.2. The molecule has 5 rings (SSSR count). The topological polar surface area (TPSA) is 143 Å². The van der Waals surface area contributed by atoms with Gasteiger partial charge in [-0.1, -0.05) is 24.3 Å². The lowest BCUT2D eigenvalue weighted by Crippen LogP contribution is -2.53. The van der Waals surface area contributed by atoms with Crippen molar-refractivity contribution in [3.05, 3.63) is 119 Å². The number of nitrogens with two attached hydrogens (primary N) is 2. The summed E-state index contributed by atoms with van der Waals surface area (Å²) < 4.78 is 70.9. The van der Waals surface area contributed by atoms with Gasteiger partial charge in [0.15, 0.2) is 0 Å². The van der Waals surface area contributed by atoms with Crippen LogP contribution in [0.2, 0.25) is 0 Å². The van der Waals surface area contributed by atoms with Gasteiger partial charge < -0.3 is 22.1 Å². The Morgan fingerprint density at radius 3 is 2.16 bits per heavy atom. The number of nitrogen functional groups attached to an aromatic ring is 1. The molecule has 1 saturated heterocycles. The Labute approximate surface area is 259 Å². The van der Waals surface area contributed by atoms with Crippen molar-refractivity contribution in [2.45, 2.75) is 35.7 Å². The van der Waals surface area contributed by atoms with Crippen LogP contribution in [0.3, 0.4) is 0 Å². The molecule has 45 heavy (non-hydrogen) atoms. The Balaban J connectivity index is 1.36. The number of hydrogen-bond acceptors (Lipinski definition) is 7. The molecule has 1 aliphatic rings. The quantitative estimate of drug-likeness (QED) is 0.194. The van der Waals surface area contributed by atoms with Crippen molar-refractivity contribution >= 4 is 27.3 Å². The molecule has 0 spiro atoms. The van der Waals surface area contributed by atoms with E-state index >= 15 is 4.39 Å². The molecule has 2 heterocycles. The molecule has 0 bridgehead atoms. The molecular formula is C32H33F3N6O3S. The van der Waals surface area contributed by atoms with E-state index in [0.29, 0.717) is 29.9 Å². The van der Waals surface area contributed by atoms with E-state index in [0.717, 1.165) is 6.20 Å². The third-order valence-corrected chi connectivity index (χ3v) is 9.86. The van der Waals surface area contributed by atoms with Crippen molar-refractivity contribution in [1.29, 1.82) is 0 Å². The van der Waals surface area contributed by atoms with Gasteiger partial charge in [0, 0.05) is 42.8 Å². The number of carbonyl (C=O) groups excluding carboxylic acids is 1. The number of aromatic nitrogens is 1. The molecule has 0 unspecified atom stereocenters. The maximum Gasteiger partial charge on any atom is 0.243 e. The summed E-state index contributed by atoms with van der Waals surface area (Å²) in [6, 6.07) is 15.1. The summed E-state index contributed by atoms with van der Waals surface area (Å²) in [5, 5.41) is 5.88. The molecule has 1 amide bonds. The van der Waals surface area contributed by atoms with Crippen LogP contribution >= 0.6 is 0 Å². The van der Waals surface area contributed by atoms with Gasteiger partial charge in [-0.05, 0) is 72.5 Å². The normalized spacial score (nSPS) is 16.4. The Hall–Kier alpha value is -4.30.